The number of carbonyl (C=O) groups excluding carboxylic acids is 2. The summed E-state index contributed by atoms with van der Waals surface area (Å²) in [6.07, 6.45) is -0.461. The highest BCUT2D eigenvalue weighted by atomic mass is 19.1. The quantitative estimate of drug-likeness (QED) is 0.782. The van der Waals surface area contributed by atoms with Crippen molar-refractivity contribution >= 4 is 23.2 Å². The predicted octanol–water partition coefficient (Wildman–Crippen LogP) is 3.72. The van der Waals surface area contributed by atoms with Gasteiger partial charge in [0.2, 0.25) is 11.8 Å². The maximum atomic E-state index is 13.5. The van der Waals surface area contributed by atoms with Crippen LogP contribution in [0.5, 0.6) is 5.75 Å². The lowest BCUT2D eigenvalue weighted by atomic mass is 10.2. The Kier molecular flexibility index (Phi) is 6.05. The number of hydrogen-bond acceptors (Lipinski definition) is 3. The summed E-state index contributed by atoms with van der Waals surface area (Å²) in [6, 6.07) is 9.44. The minimum Gasteiger partial charge on any atom is -0.491 e. The molecule has 2 aromatic rings. The Hall–Kier alpha value is -2.96. The molecule has 132 valence electrons. The second-order valence-electron chi connectivity index (χ2n) is 5.59. The van der Waals surface area contributed by atoms with Crippen LogP contribution in [0, 0.1) is 11.6 Å². The van der Waals surface area contributed by atoms with Gasteiger partial charge < -0.3 is 15.4 Å². The van der Waals surface area contributed by atoms with E-state index in [-0.39, 0.29) is 11.8 Å². The number of hydrogen-bond donors (Lipinski definition) is 2. The SMILES string of the molecule is CC(C)Oc1ccc(NC(=O)CC(=O)Nc2ccc(F)cc2F)cc1. The van der Waals surface area contributed by atoms with E-state index in [1.807, 2.05) is 13.8 Å². The summed E-state index contributed by atoms with van der Waals surface area (Å²) in [7, 11) is 0. The molecule has 0 aliphatic carbocycles. The Morgan fingerprint density at radius 3 is 2.24 bits per heavy atom. The molecule has 0 spiro atoms. The summed E-state index contributed by atoms with van der Waals surface area (Å²) >= 11 is 0. The van der Waals surface area contributed by atoms with Gasteiger partial charge in [0.15, 0.2) is 0 Å². The van der Waals surface area contributed by atoms with Crippen molar-refractivity contribution in [3.63, 3.8) is 0 Å². The van der Waals surface area contributed by atoms with Gasteiger partial charge in [0.25, 0.3) is 0 Å². The van der Waals surface area contributed by atoms with Crippen LogP contribution in [0.1, 0.15) is 20.3 Å². The molecular weight excluding hydrogens is 330 g/mol. The monoisotopic (exact) mass is 348 g/mol. The second kappa shape index (κ2) is 8.23. The summed E-state index contributed by atoms with van der Waals surface area (Å²) in [5.41, 5.74) is 0.316. The lowest BCUT2D eigenvalue weighted by Crippen LogP contribution is -2.21. The summed E-state index contributed by atoms with van der Waals surface area (Å²) in [4.78, 5) is 23.6. The largest absolute Gasteiger partial charge is 0.491 e. The first-order valence-corrected chi connectivity index (χ1v) is 7.65. The predicted molar refractivity (Wildman–Crippen MR) is 90.4 cm³/mol. The van der Waals surface area contributed by atoms with Gasteiger partial charge in [-0.3, -0.25) is 9.59 Å². The molecule has 5 nitrogen and oxygen atoms in total. The van der Waals surface area contributed by atoms with Crippen LogP contribution in [0.15, 0.2) is 42.5 Å². The van der Waals surface area contributed by atoms with Crippen LogP contribution in [0.4, 0.5) is 20.2 Å². The molecule has 2 N–H and O–H groups in total. The molecule has 0 radical (unpaired) electrons. The molecule has 0 fully saturated rings. The van der Waals surface area contributed by atoms with E-state index in [0.29, 0.717) is 17.5 Å². The molecule has 0 unspecified atom stereocenters. The minimum atomic E-state index is -0.908. The van der Waals surface area contributed by atoms with Crippen molar-refractivity contribution in [1.82, 2.24) is 0 Å². The van der Waals surface area contributed by atoms with Gasteiger partial charge in [-0.2, -0.15) is 0 Å². The Bertz CT molecular complexity index is 761. The zero-order chi connectivity index (χ0) is 18.4. The van der Waals surface area contributed by atoms with Crippen molar-refractivity contribution < 1.29 is 23.1 Å². The van der Waals surface area contributed by atoms with Gasteiger partial charge in [-0.25, -0.2) is 8.78 Å². The Morgan fingerprint density at radius 2 is 1.64 bits per heavy atom. The third-order valence-electron chi connectivity index (χ3n) is 3.04. The molecule has 0 aliphatic rings. The minimum absolute atomic E-state index is 0.0380. The third kappa shape index (κ3) is 5.87. The van der Waals surface area contributed by atoms with Gasteiger partial charge in [-0.15, -0.1) is 0 Å². The molecule has 2 aromatic carbocycles. The maximum Gasteiger partial charge on any atom is 0.233 e. The highest BCUT2D eigenvalue weighted by Gasteiger charge is 2.12. The van der Waals surface area contributed by atoms with E-state index >= 15 is 0 Å². The van der Waals surface area contributed by atoms with Gasteiger partial charge >= 0.3 is 0 Å². The van der Waals surface area contributed by atoms with Crippen LogP contribution in [0.25, 0.3) is 0 Å². The fraction of sp³-hybridized carbons (Fsp3) is 0.222. The molecule has 2 amide bonds. The van der Waals surface area contributed by atoms with Crippen molar-refractivity contribution in [3.05, 3.63) is 54.1 Å². The second-order valence-corrected chi connectivity index (χ2v) is 5.59. The lowest BCUT2D eigenvalue weighted by molar-refractivity contribution is -0.123. The van der Waals surface area contributed by atoms with Crippen molar-refractivity contribution in [2.75, 3.05) is 10.6 Å². The van der Waals surface area contributed by atoms with Crippen LogP contribution < -0.4 is 15.4 Å². The number of ether oxygens (including phenoxy) is 1. The van der Waals surface area contributed by atoms with Crippen molar-refractivity contribution in [2.45, 2.75) is 26.4 Å². The molecule has 0 saturated heterocycles. The van der Waals surface area contributed by atoms with Gasteiger partial charge in [0.1, 0.15) is 23.8 Å². The molecule has 0 saturated carbocycles. The van der Waals surface area contributed by atoms with E-state index < -0.39 is 29.9 Å². The number of halogens is 2. The van der Waals surface area contributed by atoms with Gasteiger partial charge in [-0.05, 0) is 50.2 Å². The molecule has 0 aliphatic heterocycles. The smallest absolute Gasteiger partial charge is 0.233 e. The fourth-order valence-corrected chi connectivity index (χ4v) is 2.03. The first-order valence-electron chi connectivity index (χ1n) is 7.65. The zero-order valence-electron chi connectivity index (χ0n) is 13.8. The first-order chi connectivity index (χ1) is 11.8. The summed E-state index contributed by atoms with van der Waals surface area (Å²) in [5.74, 6) is -2.26. The van der Waals surface area contributed by atoms with E-state index in [9.17, 15) is 18.4 Å². The van der Waals surface area contributed by atoms with E-state index in [0.717, 1.165) is 12.1 Å². The van der Waals surface area contributed by atoms with E-state index in [1.165, 1.54) is 0 Å². The van der Waals surface area contributed by atoms with Gasteiger partial charge in [0.05, 0.1) is 11.8 Å². The maximum absolute atomic E-state index is 13.5. The van der Waals surface area contributed by atoms with Gasteiger partial charge in [0, 0.05) is 11.8 Å². The number of rotatable bonds is 6. The van der Waals surface area contributed by atoms with Crippen LogP contribution in [-0.2, 0) is 9.59 Å². The average Bonchev–Trinajstić information content (AvgIpc) is 2.51. The van der Waals surface area contributed by atoms with E-state index in [1.54, 1.807) is 24.3 Å². The molecular formula is C18H18F2N2O3. The Balaban J connectivity index is 1.87. The number of carbonyl (C=O) groups is 2. The van der Waals surface area contributed by atoms with Gasteiger partial charge in [-0.1, -0.05) is 0 Å². The van der Waals surface area contributed by atoms with Crippen molar-refractivity contribution in [2.24, 2.45) is 0 Å². The standard InChI is InChI=1S/C18H18F2N2O3/c1-11(2)25-14-6-4-13(5-7-14)21-17(23)10-18(24)22-16-8-3-12(19)9-15(16)20/h3-9,11H,10H2,1-2H3,(H,21,23)(H,22,24). The molecule has 25 heavy (non-hydrogen) atoms. The fourth-order valence-electron chi connectivity index (χ4n) is 2.03. The van der Waals surface area contributed by atoms with Crippen LogP contribution in [0.3, 0.4) is 0 Å². The molecule has 0 bridgehead atoms. The summed E-state index contributed by atoms with van der Waals surface area (Å²) in [5, 5.41) is 4.78. The highest BCUT2D eigenvalue weighted by molar-refractivity contribution is 6.08. The number of nitrogens with one attached hydrogen (secondary N) is 2. The van der Waals surface area contributed by atoms with Crippen LogP contribution in [-0.4, -0.2) is 17.9 Å². The van der Waals surface area contributed by atoms with Crippen LogP contribution in [0.2, 0.25) is 0 Å². The van der Waals surface area contributed by atoms with Crippen molar-refractivity contribution in [3.8, 4) is 5.75 Å². The normalized spacial score (nSPS) is 10.4. The third-order valence-corrected chi connectivity index (χ3v) is 3.04. The topological polar surface area (TPSA) is 67.4 Å². The molecule has 0 heterocycles. The van der Waals surface area contributed by atoms with E-state index in [4.69, 9.17) is 4.74 Å². The summed E-state index contributed by atoms with van der Waals surface area (Å²) < 4.78 is 31.8. The van der Waals surface area contributed by atoms with Crippen molar-refractivity contribution in [1.29, 1.82) is 0 Å². The number of amides is 2. The zero-order valence-corrected chi connectivity index (χ0v) is 13.8. The first kappa shape index (κ1) is 18.4. The summed E-state index contributed by atoms with van der Waals surface area (Å²) in [6.45, 7) is 3.80. The highest BCUT2D eigenvalue weighted by Crippen LogP contribution is 2.18. The Labute approximate surface area is 144 Å². The molecule has 0 aromatic heterocycles. The molecule has 7 heteroatoms. The molecule has 2 rings (SSSR count). The van der Waals surface area contributed by atoms with Crippen LogP contribution >= 0.6 is 0 Å². The lowest BCUT2D eigenvalue weighted by Gasteiger charge is -2.11. The molecule has 0 atom stereocenters. The average molecular weight is 348 g/mol. The Morgan fingerprint density at radius 1 is 1.00 bits per heavy atom. The van der Waals surface area contributed by atoms with E-state index in [2.05, 4.69) is 10.6 Å². The number of anilines is 2. The number of benzene rings is 2.